The molecule has 1 aromatic carbocycles. The molecule has 0 amide bonds. The lowest BCUT2D eigenvalue weighted by Crippen LogP contribution is -2.37. The van der Waals surface area contributed by atoms with E-state index in [1.165, 1.54) is 6.07 Å². The van der Waals surface area contributed by atoms with Gasteiger partial charge in [-0.25, -0.2) is 0 Å². The van der Waals surface area contributed by atoms with E-state index in [4.69, 9.17) is 4.74 Å². The fraction of sp³-hybridized carbons (Fsp3) is 0.700. The molecule has 2 rings (SSSR count). The van der Waals surface area contributed by atoms with E-state index in [1.807, 2.05) is 6.92 Å². The van der Waals surface area contributed by atoms with Crippen LogP contribution in [0.5, 0.6) is 11.5 Å². The van der Waals surface area contributed by atoms with Gasteiger partial charge < -0.3 is 8.92 Å². The Balaban J connectivity index is 2.32. The van der Waals surface area contributed by atoms with Gasteiger partial charge >= 0.3 is 15.6 Å². The van der Waals surface area contributed by atoms with Crippen LogP contribution >= 0.6 is 0 Å². The SMILES string of the molecule is CCCCOc1cc2c(cc1OS(=O)(=O)C(F)(F)F)CC(N(CCC)CCC)C2. The van der Waals surface area contributed by atoms with Crippen molar-refractivity contribution in [2.75, 3.05) is 19.7 Å². The molecule has 166 valence electrons. The summed E-state index contributed by atoms with van der Waals surface area (Å²) in [6.45, 7) is 8.34. The summed E-state index contributed by atoms with van der Waals surface area (Å²) in [5.74, 6) is -0.349. The number of halogens is 3. The standard InChI is InChI=1S/C20H30F3NO4S/c1-4-7-10-27-18-13-15-11-17(24(8-5-2)9-6-3)12-16(15)14-19(18)28-29(25,26)20(21,22)23/h13-14,17H,4-12H2,1-3H3. The second-order valence-electron chi connectivity index (χ2n) is 7.35. The first-order chi connectivity index (χ1) is 13.6. The van der Waals surface area contributed by atoms with Crippen LogP contribution in [0, 0.1) is 0 Å². The molecule has 0 spiro atoms. The number of fused-ring (bicyclic) bond motifs is 1. The normalized spacial score (nSPS) is 16.9. The summed E-state index contributed by atoms with van der Waals surface area (Å²) >= 11 is 0. The van der Waals surface area contributed by atoms with Crippen LogP contribution in [0.25, 0.3) is 0 Å². The Hall–Kier alpha value is -1.48. The summed E-state index contributed by atoms with van der Waals surface area (Å²) in [5, 5.41) is 0. The van der Waals surface area contributed by atoms with Crippen LogP contribution in [0.1, 0.15) is 57.6 Å². The van der Waals surface area contributed by atoms with Crippen LogP contribution in [-0.2, 0) is 23.0 Å². The third kappa shape index (κ3) is 6.01. The molecule has 0 N–H and O–H groups in total. The highest BCUT2D eigenvalue weighted by atomic mass is 32.2. The van der Waals surface area contributed by atoms with Crippen molar-refractivity contribution in [3.63, 3.8) is 0 Å². The minimum absolute atomic E-state index is 0.0446. The third-order valence-corrected chi connectivity index (χ3v) is 5.92. The van der Waals surface area contributed by atoms with Crippen LogP contribution in [0.2, 0.25) is 0 Å². The highest BCUT2D eigenvalue weighted by Gasteiger charge is 2.49. The van der Waals surface area contributed by atoms with Gasteiger partial charge in [-0.15, -0.1) is 0 Å². The van der Waals surface area contributed by atoms with E-state index in [0.717, 1.165) is 49.9 Å². The number of hydrogen-bond acceptors (Lipinski definition) is 5. The van der Waals surface area contributed by atoms with Crippen molar-refractivity contribution in [2.45, 2.75) is 70.8 Å². The molecule has 29 heavy (non-hydrogen) atoms. The van der Waals surface area contributed by atoms with Gasteiger partial charge in [0.05, 0.1) is 6.61 Å². The summed E-state index contributed by atoms with van der Waals surface area (Å²) in [7, 11) is -5.76. The maximum atomic E-state index is 12.8. The van der Waals surface area contributed by atoms with Crippen molar-refractivity contribution in [1.29, 1.82) is 0 Å². The van der Waals surface area contributed by atoms with Gasteiger partial charge in [0.2, 0.25) is 0 Å². The molecular formula is C20H30F3NO4S. The van der Waals surface area contributed by atoms with E-state index in [2.05, 4.69) is 22.9 Å². The van der Waals surface area contributed by atoms with Crippen molar-refractivity contribution < 1.29 is 30.5 Å². The maximum Gasteiger partial charge on any atom is 0.534 e. The van der Waals surface area contributed by atoms with Crippen molar-refractivity contribution >= 4 is 10.1 Å². The summed E-state index contributed by atoms with van der Waals surface area (Å²) < 4.78 is 71.5. The number of rotatable bonds is 11. The van der Waals surface area contributed by atoms with Crippen molar-refractivity contribution in [3.05, 3.63) is 23.3 Å². The van der Waals surface area contributed by atoms with Gasteiger partial charge in [0.25, 0.3) is 0 Å². The number of unbranched alkanes of at least 4 members (excludes halogenated alkanes) is 1. The van der Waals surface area contributed by atoms with Gasteiger partial charge in [-0.1, -0.05) is 27.2 Å². The molecule has 1 atom stereocenters. The van der Waals surface area contributed by atoms with Crippen LogP contribution in [0.4, 0.5) is 13.2 Å². The van der Waals surface area contributed by atoms with Crippen molar-refractivity contribution in [1.82, 2.24) is 4.90 Å². The van der Waals surface area contributed by atoms with Crippen molar-refractivity contribution in [2.24, 2.45) is 0 Å². The van der Waals surface area contributed by atoms with Crippen LogP contribution in [0.3, 0.4) is 0 Å². The fourth-order valence-electron chi connectivity index (χ4n) is 3.58. The lowest BCUT2D eigenvalue weighted by Gasteiger charge is -2.27. The zero-order chi connectivity index (χ0) is 21.7. The van der Waals surface area contributed by atoms with E-state index in [1.54, 1.807) is 6.07 Å². The van der Waals surface area contributed by atoms with Gasteiger partial charge in [0, 0.05) is 6.04 Å². The summed E-state index contributed by atoms with van der Waals surface area (Å²) in [5.41, 5.74) is -3.72. The Morgan fingerprint density at radius 3 is 2.03 bits per heavy atom. The number of alkyl halides is 3. The zero-order valence-corrected chi connectivity index (χ0v) is 18.0. The molecule has 1 aliphatic carbocycles. The molecule has 1 aliphatic rings. The number of benzene rings is 1. The molecule has 0 saturated heterocycles. The van der Waals surface area contributed by atoms with E-state index in [0.29, 0.717) is 12.8 Å². The molecule has 0 heterocycles. The minimum Gasteiger partial charge on any atom is -0.490 e. The van der Waals surface area contributed by atoms with Gasteiger partial charge in [0.15, 0.2) is 11.5 Å². The van der Waals surface area contributed by atoms with E-state index >= 15 is 0 Å². The van der Waals surface area contributed by atoms with E-state index < -0.39 is 21.4 Å². The molecule has 0 aliphatic heterocycles. The summed E-state index contributed by atoms with van der Waals surface area (Å²) in [4.78, 5) is 2.38. The smallest absolute Gasteiger partial charge is 0.490 e. The second kappa shape index (κ2) is 10.0. The molecule has 0 aromatic heterocycles. The Labute approximate surface area is 171 Å². The minimum atomic E-state index is -5.76. The summed E-state index contributed by atoms with van der Waals surface area (Å²) in [6.07, 6.45) is 4.96. The first kappa shape index (κ1) is 23.8. The van der Waals surface area contributed by atoms with Crippen LogP contribution in [-0.4, -0.2) is 44.6 Å². The average Bonchev–Trinajstić information content (AvgIpc) is 3.03. The lowest BCUT2D eigenvalue weighted by atomic mass is 10.1. The van der Waals surface area contributed by atoms with Gasteiger partial charge in [-0.3, -0.25) is 4.90 Å². The Bertz CT molecular complexity index is 775. The summed E-state index contributed by atoms with van der Waals surface area (Å²) in [6, 6.07) is 3.28. The first-order valence-corrected chi connectivity index (χ1v) is 11.6. The number of hydrogen-bond donors (Lipinski definition) is 0. The Morgan fingerprint density at radius 1 is 1.00 bits per heavy atom. The van der Waals surface area contributed by atoms with Gasteiger partial charge in [-0.05, 0) is 68.5 Å². The third-order valence-electron chi connectivity index (χ3n) is 4.95. The lowest BCUT2D eigenvalue weighted by molar-refractivity contribution is -0.0500. The maximum absolute atomic E-state index is 12.8. The molecule has 1 aromatic rings. The largest absolute Gasteiger partial charge is 0.534 e. The van der Waals surface area contributed by atoms with Gasteiger partial charge in [0.1, 0.15) is 0 Å². The number of ether oxygens (including phenoxy) is 1. The number of nitrogens with zero attached hydrogens (tertiary/aromatic N) is 1. The zero-order valence-electron chi connectivity index (χ0n) is 17.2. The fourth-order valence-corrected chi connectivity index (χ4v) is 4.04. The Morgan fingerprint density at radius 2 is 1.55 bits per heavy atom. The molecule has 0 bridgehead atoms. The predicted octanol–water partition coefficient (Wildman–Crippen LogP) is 4.68. The monoisotopic (exact) mass is 437 g/mol. The molecule has 9 heteroatoms. The molecule has 0 fully saturated rings. The van der Waals surface area contributed by atoms with E-state index in [-0.39, 0.29) is 18.4 Å². The molecule has 5 nitrogen and oxygen atoms in total. The highest BCUT2D eigenvalue weighted by Crippen LogP contribution is 2.39. The van der Waals surface area contributed by atoms with Gasteiger partial charge in [-0.2, -0.15) is 21.6 Å². The molecular weight excluding hydrogens is 407 g/mol. The topological polar surface area (TPSA) is 55.8 Å². The Kier molecular flexibility index (Phi) is 8.22. The predicted molar refractivity (Wildman–Crippen MR) is 106 cm³/mol. The molecule has 0 saturated carbocycles. The quantitative estimate of drug-likeness (QED) is 0.286. The first-order valence-electron chi connectivity index (χ1n) is 10.2. The second-order valence-corrected chi connectivity index (χ2v) is 8.89. The van der Waals surface area contributed by atoms with E-state index in [9.17, 15) is 21.6 Å². The highest BCUT2D eigenvalue weighted by molar-refractivity contribution is 7.88. The molecule has 0 radical (unpaired) electrons. The van der Waals surface area contributed by atoms with Crippen LogP contribution < -0.4 is 8.92 Å². The molecule has 1 unspecified atom stereocenters. The average molecular weight is 438 g/mol. The van der Waals surface area contributed by atoms with Crippen molar-refractivity contribution in [3.8, 4) is 11.5 Å². The van der Waals surface area contributed by atoms with Crippen LogP contribution in [0.15, 0.2) is 12.1 Å².